The molecular formula is C20H24N2O5S2. The molecule has 3 rings (SSSR count). The van der Waals surface area contributed by atoms with Crippen LogP contribution in [0.25, 0.3) is 0 Å². The summed E-state index contributed by atoms with van der Waals surface area (Å²) in [6.07, 6.45) is 0. The molecule has 0 atom stereocenters. The fraction of sp³-hybridized carbons (Fsp3) is 0.350. The summed E-state index contributed by atoms with van der Waals surface area (Å²) < 4.78 is 37.4. The number of nitrogens with one attached hydrogen (secondary N) is 1. The van der Waals surface area contributed by atoms with Crippen LogP contribution in [0.1, 0.15) is 0 Å². The predicted molar refractivity (Wildman–Crippen MR) is 112 cm³/mol. The number of morpholine rings is 1. The molecule has 9 heteroatoms. The topological polar surface area (TPSA) is 84.9 Å². The highest BCUT2D eigenvalue weighted by atomic mass is 32.2. The van der Waals surface area contributed by atoms with Gasteiger partial charge in [0, 0.05) is 18.0 Å². The fourth-order valence-corrected chi connectivity index (χ4v) is 4.88. The molecule has 1 aliphatic rings. The lowest BCUT2D eigenvalue weighted by Crippen LogP contribution is -2.40. The van der Waals surface area contributed by atoms with Gasteiger partial charge in [-0.1, -0.05) is 18.2 Å². The Morgan fingerprint density at radius 3 is 2.45 bits per heavy atom. The van der Waals surface area contributed by atoms with Gasteiger partial charge in [-0.2, -0.15) is 4.31 Å². The molecule has 0 aliphatic carbocycles. The standard InChI is InChI=1S/C20H24N2O5S2/c23-20(16-28-18-4-2-1-3-5-18)21-10-13-27-17-6-8-19(9-7-17)29(24,25)22-11-14-26-15-12-22/h1-9H,10-16H2,(H,21,23). The lowest BCUT2D eigenvalue weighted by atomic mass is 10.3. The number of benzene rings is 2. The molecule has 0 saturated carbocycles. The molecule has 1 fully saturated rings. The number of hydrogen-bond donors (Lipinski definition) is 1. The van der Waals surface area contributed by atoms with E-state index in [2.05, 4.69) is 5.32 Å². The summed E-state index contributed by atoms with van der Waals surface area (Å²) in [7, 11) is -3.51. The van der Waals surface area contributed by atoms with Crippen molar-refractivity contribution >= 4 is 27.7 Å². The summed E-state index contributed by atoms with van der Waals surface area (Å²) in [6, 6.07) is 16.1. The third kappa shape index (κ3) is 6.46. The first-order valence-corrected chi connectivity index (χ1v) is 11.7. The number of amides is 1. The Labute approximate surface area is 175 Å². The summed E-state index contributed by atoms with van der Waals surface area (Å²) in [5.41, 5.74) is 0. The Morgan fingerprint density at radius 2 is 1.76 bits per heavy atom. The molecule has 1 aliphatic heterocycles. The Hall–Kier alpha value is -2.07. The van der Waals surface area contributed by atoms with E-state index in [1.54, 1.807) is 12.1 Å². The van der Waals surface area contributed by atoms with Crippen LogP contribution in [0.5, 0.6) is 5.75 Å². The van der Waals surface area contributed by atoms with Crippen LogP contribution in [0.15, 0.2) is 64.4 Å². The molecule has 1 N–H and O–H groups in total. The Balaban J connectivity index is 1.39. The van der Waals surface area contributed by atoms with Crippen LogP contribution in [0, 0.1) is 0 Å². The van der Waals surface area contributed by atoms with Gasteiger partial charge >= 0.3 is 0 Å². The summed E-state index contributed by atoms with van der Waals surface area (Å²) in [5, 5.41) is 2.80. The predicted octanol–water partition coefficient (Wildman–Crippen LogP) is 1.99. The molecule has 0 unspecified atom stereocenters. The molecule has 156 valence electrons. The average Bonchev–Trinajstić information content (AvgIpc) is 2.77. The third-order valence-electron chi connectivity index (χ3n) is 4.24. The van der Waals surface area contributed by atoms with Crippen molar-refractivity contribution in [2.24, 2.45) is 0 Å². The number of carbonyl (C=O) groups is 1. The molecule has 1 amide bonds. The minimum Gasteiger partial charge on any atom is -0.492 e. The molecule has 0 spiro atoms. The number of nitrogens with zero attached hydrogens (tertiary/aromatic N) is 1. The van der Waals surface area contributed by atoms with Crippen LogP contribution in [-0.4, -0.2) is 63.8 Å². The van der Waals surface area contributed by atoms with E-state index in [0.29, 0.717) is 51.0 Å². The maximum atomic E-state index is 12.6. The lowest BCUT2D eigenvalue weighted by Gasteiger charge is -2.26. The van der Waals surface area contributed by atoms with E-state index in [1.165, 1.54) is 28.2 Å². The normalized spacial score (nSPS) is 15.0. The second-order valence-corrected chi connectivity index (χ2v) is 9.27. The SMILES string of the molecule is O=C(CSc1ccccc1)NCCOc1ccc(S(=O)(=O)N2CCOCC2)cc1. The third-order valence-corrected chi connectivity index (χ3v) is 7.16. The summed E-state index contributed by atoms with van der Waals surface area (Å²) in [5.74, 6) is 0.839. The minimum atomic E-state index is -3.51. The van der Waals surface area contributed by atoms with Gasteiger partial charge in [-0.3, -0.25) is 4.79 Å². The first kappa shape index (κ1) is 21.6. The van der Waals surface area contributed by atoms with Crippen molar-refractivity contribution in [1.82, 2.24) is 9.62 Å². The van der Waals surface area contributed by atoms with Crippen LogP contribution < -0.4 is 10.1 Å². The number of ether oxygens (including phenoxy) is 2. The maximum absolute atomic E-state index is 12.6. The van der Waals surface area contributed by atoms with Crippen molar-refractivity contribution in [3.8, 4) is 5.75 Å². The Kier molecular flexibility index (Phi) is 7.93. The van der Waals surface area contributed by atoms with E-state index in [0.717, 1.165) is 4.90 Å². The van der Waals surface area contributed by atoms with Gasteiger partial charge in [-0.15, -0.1) is 11.8 Å². The largest absolute Gasteiger partial charge is 0.492 e. The number of sulfonamides is 1. The van der Waals surface area contributed by atoms with Crippen LogP contribution in [0.4, 0.5) is 0 Å². The molecule has 1 heterocycles. The zero-order valence-corrected chi connectivity index (χ0v) is 17.6. The van der Waals surface area contributed by atoms with E-state index < -0.39 is 10.0 Å². The zero-order valence-electron chi connectivity index (χ0n) is 16.0. The van der Waals surface area contributed by atoms with Gasteiger partial charge < -0.3 is 14.8 Å². The van der Waals surface area contributed by atoms with Crippen LogP contribution >= 0.6 is 11.8 Å². The van der Waals surface area contributed by atoms with Crippen molar-refractivity contribution in [3.05, 3.63) is 54.6 Å². The molecule has 2 aromatic carbocycles. The van der Waals surface area contributed by atoms with Crippen LogP contribution in [0.2, 0.25) is 0 Å². The van der Waals surface area contributed by atoms with Crippen LogP contribution in [0.3, 0.4) is 0 Å². The zero-order chi connectivity index (χ0) is 20.5. The first-order chi connectivity index (χ1) is 14.1. The number of thioether (sulfide) groups is 1. The highest BCUT2D eigenvalue weighted by molar-refractivity contribution is 8.00. The van der Waals surface area contributed by atoms with Crippen molar-refractivity contribution in [1.29, 1.82) is 0 Å². The lowest BCUT2D eigenvalue weighted by molar-refractivity contribution is -0.118. The van der Waals surface area contributed by atoms with E-state index in [9.17, 15) is 13.2 Å². The molecule has 29 heavy (non-hydrogen) atoms. The molecule has 2 aromatic rings. The van der Waals surface area contributed by atoms with E-state index in [-0.39, 0.29) is 10.8 Å². The summed E-state index contributed by atoms with van der Waals surface area (Å²) in [6.45, 7) is 2.23. The first-order valence-electron chi connectivity index (χ1n) is 9.31. The summed E-state index contributed by atoms with van der Waals surface area (Å²) in [4.78, 5) is 13.1. The van der Waals surface area contributed by atoms with Crippen molar-refractivity contribution in [3.63, 3.8) is 0 Å². The highest BCUT2D eigenvalue weighted by Gasteiger charge is 2.26. The van der Waals surface area contributed by atoms with E-state index in [1.807, 2.05) is 30.3 Å². The van der Waals surface area contributed by atoms with Gasteiger partial charge in [-0.25, -0.2) is 8.42 Å². The van der Waals surface area contributed by atoms with Gasteiger partial charge in [0.25, 0.3) is 0 Å². The fourth-order valence-electron chi connectivity index (χ4n) is 2.72. The van der Waals surface area contributed by atoms with Crippen molar-refractivity contribution in [2.45, 2.75) is 9.79 Å². The van der Waals surface area contributed by atoms with Gasteiger partial charge in [0.15, 0.2) is 0 Å². The van der Waals surface area contributed by atoms with Crippen LogP contribution in [-0.2, 0) is 19.6 Å². The number of rotatable bonds is 9. The second kappa shape index (κ2) is 10.6. The number of carbonyl (C=O) groups excluding carboxylic acids is 1. The molecule has 0 radical (unpaired) electrons. The van der Waals surface area contributed by atoms with Crippen molar-refractivity contribution in [2.75, 3.05) is 45.2 Å². The average molecular weight is 437 g/mol. The van der Waals surface area contributed by atoms with Crippen molar-refractivity contribution < 1.29 is 22.7 Å². The molecule has 0 aromatic heterocycles. The smallest absolute Gasteiger partial charge is 0.243 e. The van der Waals surface area contributed by atoms with E-state index in [4.69, 9.17) is 9.47 Å². The Morgan fingerprint density at radius 1 is 1.07 bits per heavy atom. The van der Waals surface area contributed by atoms with Gasteiger partial charge in [0.05, 0.1) is 30.4 Å². The van der Waals surface area contributed by atoms with Gasteiger partial charge in [0.2, 0.25) is 15.9 Å². The molecule has 7 nitrogen and oxygen atoms in total. The van der Waals surface area contributed by atoms with E-state index >= 15 is 0 Å². The quantitative estimate of drug-likeness (QED) is 0.478. The maximum Gasteiger partial charge on any atom is 0.243 e. The highest BCUT2D eigenvalue weighted by Crippen LogP contribution is 2.20. The van der Waals surface area contributed by atoms with Gasteiger partial charge in [0.1, 0.15) is 12.4 Å². The second-order valence-electron chi connectivity index (χ2n) is 6.29. The Bertz CT molecular complexity index is 883. The summed E-state index contributed by atoms with van der Waals surface area (Å²) >= 11 is 1.48. The number of hydrogen-bond acceptors (Lipinski definition) is 6. The van der Waals surface area contributed by atoms with Gasteiger partial charge in [-0.05, 0) is 36.4 Å². The molecule has 1 saturated heterocycles. The monoisotopic (exact) mass is 436 g/mol. The molecule has 0 bridgehead atoms. The minimum absolute atomic E-state index is 0.0607. The molecular weight excluding hydrogens is 412 g/mol.